The van der Waals surface area contributed by atoms with E-state index in [1.165, 1.54) is 12.4 Å². The maximum absolute atomic E-state index is 13.8. The number of fused-ring (bicyclic) bond motifs is 1. The summed E-state index contributed by atoms with van der Waals surface area (Å²) >= 11 is 0. The van der Waals surface area contributed by atoms with Crippen molar-refractivity contribution < 1.29 is 26.4 Å². The molecule has 0 radical (unpaired) electrons. The zero-order valence-corrected chi connectivity index (χ0v) is 24.7. The second-order valence-electron chi connectivity index (χ2n) is 11.6. The SMILES string of the molecule is CC(C)N(C)[C@@H]1CC[C@H](N2CC[C@H](Nc3ncnc4ccc(C(F)(F)F)cc34)C2=O)[C@H](CS(=O)(=O)c2ccccc2)C1. The monoisotopic (exact) mass is 603 g/mol. The van der Waals surface area contributed by atoms with Crippen molar-refractivity contribution in [3.8, 4) is 0 Å². The number of aromatic nitrogens is 2. The standard InChI is InChI=1S/C30H36F3N5O3S/c1-19(2)37(3)22-10-12-27(20(15-22)17-42(40,41)23-7-5-4-6-8-23)38-14-13-26(29(38)39)36-28-24-16-21(30(31,32)33)9-11-25(24)34-18-35-28/h4-9,11,16,18-20,22,26-27H,10,12-15,17H2,1-3H3,(H,34,35,36)/t20-,22+,26-,27-/m0/s1. The Kier molecular flexibility index (Phi) is 8.48. The summed E-state index contributed by atoms with van der Waals surface area (Å²) in [7, 11) is -1.54. The molecule has 2 aromatic carbocycles. The molecule has 12 heteroatoms. The maximum Gasteiger partial charge on any atom is 0.416 e. The second-order valence-corrected chi connectivity index (χ2v) is 13.7. The van der Waals surface area contributed by atoms with Gasteiger partial charge in [0.25, 0.3) is 0 Å². The molecule has 1 N–H and O–H groups in total. The molecule has 2 aliphatic rings. The van der Waals surface area contributed by atoms with E-state index in [0.717, 1.165) is 18.6 Å². The minimum absolute atomic E-state index is 0.0667. The molecule has 0 unspecified atom stereocenters. The number of hydrogen-bond donors (Lipinski definition) is 1. The van der Waals surface area contributed by atoms with Gasteiger partial charge in [-0.2, -0.15) is 13.2 Å². The number of alkyl halides is 3. The van der Waals surface area contributed by atoms with E-state index in [4.69, 9.17) is 0 Å². The van der Waals surface area contributed by atoms with Crippen molar-refractivity contribution in [3.63, 3.8) is 0 Å². The summed E-state index contributed by atoms with van der Waals surface area (Å²) in [6.07, 6.45) is -0.706. The van der Waals surface area contributed by atoms with Crippen molar-refractivity contribution in [2.24, 2.45) is 5.92 Å². The Hall–Kier alpha value is -3.25. The fraction of sp³-hybridized carbons (Fsp3) is 0.500. The van der Waals surface area contributed by atoms with Gasteiger partial charge in [-0.3, -0.25) is 4.79 Å². The Morgan fingerprint density at radius 2 is 1.81 bits per heavy atom. The van der Waals surface area contributed by atoms with Crippen molar-refractivity contribution in [1.82, 2.24) is 19.8 Å². The van der Waals surface area contributed by atoms with Gasteiger partial charge in [0.15, 0.2) is 9.84 Å². The average Bonchev–Trinajstić information content (AvgIpc) is 3.31. The van der Waals surface area contributed by atoms with Crippen LogP contribution < -0.4 is 5.32 Å². The zero-order chi connectivity index (χ0) is 30.2. The normalized spacial score (nSPS) is 23.7. The van der Waals surface area contributed by atoms with Crippen molar-refractivity contribution >= 4 is 32.5 Å². The maximum atomic E-state index is 13.8. The lowest BCUT2D eigenvalue weighted by atomic mass is 9.81. The molecule has 1 aromatic heterocycles. The number of nitrogens with one attached hydrogen (secondary N) is 1. The lowest BCUT2D eigenvalue weighted by Gasteiger charge is -2.44. The molecule has 0 bridgehead atoms. The number of halogens is 3. The van der Waals surface area contributed by atoms with Gasteiger partial charge in [-0.05, 0) is 82.8 Å². The van der Waals surface area contributed by atoms with Gasteiger partial charge < -0.3 is 15.1 Å². The van der Waals surface area contributed by atoms with Gasteiger partial charge in [-0.1, -0.05) is 18.2 Å². The van der Waals surface area contributed by atoms with E-state index in [9.17, 15) is 26.4 Å². The molecule has 4 atom stereocenters. The van der Waals surface area contributed by atoms with Crippen molar-refractivity contribution in [1.29, 1.82) is 0 Å². The number of rotatable bonds is 8. The molecule has 2 fully saturated rings. The molecule has 0 spiro atoms. The fourth-order valence-corrected chi connectivity index (χ4v) is 7.97. The Labute approximate surface area is 244 Å². The number of hydrogen-bond acceptors (Lipinski definition) is 7. The minimum Gasteiger partial charge on any atom is -0.358 e. The van der Waals surface area contributed by atoms with Gasteiger partial charge in [-0.25, -0.2) is 18.4 Å². The number of likely N-dealkylation sites (tertiary alicyclic amines) is 1. The first kappa shape index (κ1) is 30.2. The van der Waals surface area contributed by atoms with Crippen LogP contribution in [0.1, 0.15) is 45.1 Å². The highest BCUT2D eigenvalue weighted by atomic mass is 32.2. The van der Waals surface area contributed by atoms with Gasteiger partial charge in [0, 0.05) is 30.1 Å². The predicted molar refractivity (Wildman–Crippen MR) is 155 cm³/mol. The Morgan fingerprint density at radius 3 is 2.50 bits per heavy atom. The summed E-state index contributed by atoms with van der Waals surface area (Å²) in [5.74, 6) is -0.372. The smallest absolute Gasteiger partial charge is 0.358 e. The van der Waals surface area contributed by atoms with Gasteiger partial charge in [0.2, 0.25) is 5.91 Å². The number of sulfone groups is 1. The summed E-state index contributed by atoms with van der Waals surface area (Å²) in [6.45, 7) is 4.64. The minimum atomic E-state index is -4.53. The van der Waals surface area contributed by atoms with Crippen LogP contribution in [0.15, 0.2) is 59.8 Å². The lowest BCUT2D eigenvalue weighted by Crippen LogP contribution is -2.52. The summed E-state index contributed by atoms with van der Waals surface area (Å²) in [4.78, 5) is 26.3. The van der Waals surface area contributed by atoms with Crippen LogP contribution in [0, 0.1) is 5.92 Å². The molecule has 1 aliphatic heterocycles. The quantitative estimate of drug-likeness (QED) is 0.387. The molecule has 42 heavy (non-hydrogen) atoms. The molecule has 1 saturated carbocycles. The van der Waals surface area contributed by atoms with Crippen LogP contribution in [0.4, 0.5) is 19.0 Å². The highest BCUT2D eigenvalue weighted by Gasteiger charge is 2.44. The molecule has 226 valence electrons. The van der Waals surface area contributed by atoms with Crippen LogP contribution in [0.25, 0.3) is 10.9 Å². The van der Waals surface area contributed by atoms with Crippen LogP contribution in [0.3, 0.4) is 0 Å². The highest BCUT2D eigenvalue weighted by molar-refractivity contribution is 7.91. The molecule has 8 nitrogen and oxygen atoms in total. The largest absolute Gasteiger partial charge is 0.416 e. The third-order valence-corrected chi connectivity index (χ3v) is 10.6. The fourth-order valence-electron chi connectivity index (χ4n) is 6.29. The second kappa shape index (κ2) is 11.8. The summed E-state index contributed by atoms with van der Waals surface area (Å²) < 4.78 is 67.1. The molecule has 2 heterocycles. The van der Waals surface area contributed by atoms with Gasteiger partial charge >= 0.3 is 6.18 Å². The molecule has 1 saturated heterocycles. The van der Waals surface area contributed by atoms with Crippen LogP contribution in [0.5, 0.6) is 0 Å². The summed E-state index contributed by atoms with van der Waals surface area (Å²) in [6, 6.07) is 11.2. The average molecular weight is 604 g/mol. The number of carbonyl (C=O) groups is 1. The number of benzene rings is 2. The van der Waals surface area contributed by atoms with Gasteiger partial charge in [0.1, 0.15) is 18.2 Å². The topological polar surface area (TPSA) is 95.5 Å². The number of amides is 1. The first-order valence-corrected chi connectivity index (χ1v) is 15.9. The lowest BCUT2D eigenvalue weighted by molar-refractivity contribution is -0.137. The van der Waals surface area contributed by atoms with E-state index in [2.05, 4.69) is 41.1 Å². The van der Waals surface area contributed by atoms with E-state index < -0.39 is 27.6 Å². The number of anilines is 1. The predicted octanol–water partition coefficient (Wildman–Crippen LogP) is 5.01. The molecule has 1 aliphatic carbocycles. The van der Waals surface area contributed by atoms with Crippen LogP contribution in [-0.4, -0.2) is 77.6 Å². The van der Waals surface area contributed by atoms with E-state index in [0.29, 0.717) is 37.4 Å². The van der Waals surface area contributed by atoms with E-state index in [1.807, 2.05) is 0 Å². The summed E-state index contributed by atoms with van der Waals surface area (Å²) in [5.41, 5.74) is -0.487. The Bertz CT molecular complexity index is 1530. The first-order valence-electron chi connectivity index (χ1n) is 14.2. The molecular formula is C30H36F3N5O3S. The third-order valence-electron chi connectivity index (χ3n) is 8.75. The van der Waals surface area contributed by atoms with Crippen molar-refractivity contribution in [2.75, 3.05) is 24.7 Å². The van der Waals surface area contributed by atoms with Crippen molar-refractivity contribution in [3.05, 3.63) is 60.4 Å². The Balaban J connectivity index is 1.38. The van der Waals surface area contributed by atoms with E-state index in [1.54, 1.807) is 35.2 Å². The highest BCUT2D eigenvalue weighted by Crippen LogP contribution is 2.37. The van der Waals surface area contributed by atoms with Crippen LogP contribution in [-0.2, 0) is 20.8 Å². The van der Waals surface area contributed by atoms with Crippen LogP contribution in [0.2, 0.25) is 0 Å². The van der Waals surface area contributed by atoms with Gasteiger partial charge in [0.05, 0.1) is 21.7 Å². The van der Waals surface area contributed by atoms with Crippen LogP contribution >= 0.6 is 0 Å². The molecule has 5 rings (SSSR count). The first-order chi connectivity index (χ1) is 19.8. The third kappa shape index (κ3) is 6.24. The number of nitrogens with zero attached hydrogens (tertiary/aromatic N) is 4. The molecule has 1 amide bonds. The number of carbonyl (C=O) groups excluding carboxylic acids is 1. The van der Waals surface area contributed by atoms with Gasteiger partial charge in [-0.15, -0.1) is 0 Å². The van der Waals surface area contributed by atoms with Crippen molar-refractivity contribution in [2.45, 2.75) is 74.8 Å². The van der Waals surface area contributed by atoms with E-state index in [-0.39, 0.29) is 45.8 Å². The molecule has 3 aromatic rings. The van der Waals surface area contributed by atoms with E-state index >= 15 is 0 Å². The summed E-state index contributed by atoms with van der Waals surface area (Å²) in [5, 5.41) is 3.26. The molecular weight excluding hydrogens is 567 g/mol. The zero-order valence-electron chi connectivity index (χ0n) is 23.9. The Morgan fingerprint density at radius 1 is 1.07 bits per heavy atom.